The van der Waals surface area contributed by atoms with E-state index >= 15 is 0 Å². The lowest BCUT2D eigenvalue weighted by Crippen LogP contribution is -2.26. The van der Waals surface area contributed by atoms with E-state index < -0.39 is 0 Å². The molecule has 0 fully saturated rings. The first-order chi connectivity index (χ1) is 17.3. The molecule has 1 aliphatic heterocycles. The average molecular weight is 478 g/mol. The summed E-state index contributed by atoms with van der Waals surface area (Å²) in [6.07, 6.45) is 0. The zero-order valence-corrected chi connectivity index (χ0v) is 20.7. The van der Waals surface area contributed by atoms with Crippen LogP contribution in [0.1, 0.15) is 45.7 Å². The molecule has 1 heterocycles. The fourth-order valence-corrected chi connectivity index (χ4v) is 4.82. The molecule has 0 radical (unpaired) electrons. The molecule has 36 heavy (non-hydrogen) atoms. The molecule has 5 rings (SSSR count). The Balaban J connectivity index is 1.50. The van der Waals surface area contributed by atoms with Crippen molar-refractivity contribution >= 4 is 23.3 Å². The van der Waals surface area contributed by atoms with Crippen LogP contribution in [0.5, 0.6) is 0 Å². The SMILES string of the molecule is COC(=O)c1ccc(-c2ccc3c(c2)C(C)(C)c2cc(-c4ccc(C(=O)OC)cc4)ccc2N3)cc1. The van der Waals surface area contributed by atoms with E-state index in [0.29, 0.717) is 11.1 Å². The quantitative estimate of drug-likeness (QED) is 0.321. The minimum Gasteiger partial charge on any atom is -0.465 e. The van der Waals surface area contributed by atoms with Gasteiger partial charge in [0.05, 0.1) is 25.3 Å². The van der Waals surface area contributed by atoms with Crippen LogP contribution in [0.2, 0.25) is 0 Å². The van der Waals surface area contributed by atoms with Crippen LogP contribution in [-0.2, 0) is 14.9 Å². The summed E-state index contributed by atoms with van der Waals surface area (Å²) >= 11 is 0. The lowest BCUT2D eigenvalue weighted by Gasteiger charge is -2.36. The number of esters is 2. The second-order valence-electron chi connectivity index (χ2n) is 9.41. The molecule has 0 unspecified atom stereocenters. The second kappa shape index (κ2) is 9.00. The van der Waals surface area contributed by atoms with Gasteiger partial charge >= 0.3 is 11.9 Å². The number of rotatable bonds is 4. The topological polar surface area (TPSA) is 64.6 Å². The molecule has 0 amide bonds. The van der Waals surface area contributed by atoms with Crippen molar-refractivity contribution in [1.82, 2.24) is 0 Å². The third-order valence-electron chi connectivity index (χ3n) is 6.93. The lowest BCUT2D eigenvalue weighted by atomic mass is 9.73. The summed E-state index contributed by atoms with van der Waals surface area (Å²) in [6, 6.07) is 27.8. The van der Waals surface area contributed by atoms with Crippen molar-refractivity contribution in [3.05, 3.63) is 107 Å². The number of carbonyl (C=O) groups excluding carboxylic acids is 2. The minimum absolute atomic E-state index is 0.250. The Morgan fingerprint density at radius 1 is 0.583 bits per heavy atom. The van der Waals surface area contributed by atoms with Crippen molar-refractivity contribution in [1.29, 1.82) is 0 Å². The van der Waals surface area contributed by atoms with Gasteiger partial charge < -0.3 is 14.8 Å². The lowest BCUT2D eigenvalue weighted by molar-refractivity contribution is 0.0592. The van der Waals surface area contributed by atoms with Crippen LogP contribution in [-0.4, -0.2) is 26.2 Å². The molecule has 0 saturated carbocycles. The molecular weight excluding hydrogens is 450 g/mol. The van der Waals surface area contributed by atoms with Gasteiger partial charge in [0.1, 0.15) is 0 Å². The highest BCUT2D eigenvalue weighted by Crippen LogP contribution is 2.47. The Kier molecular flexibility index (Phi) is 5.84. The van der Waals surface area contributed by atoms with E-state index in [1.54, 1.807) is 24.3 Å². The third-order valence-corrected chi connectivity index (χ3v) is 6.93. The zero-order valence-electron chi connectivity index (χ0n) is 20.7. The summed E-state index contributed by atoms with van der Waals surface area (Å²) in [4.78, 5) is 23.6. The Bertz CT molecular complexity index is 1360. The molecule has 0 aromatic heterocycles. The maximum Gasteiger partial charge on any atom is 0.337 e. The van der Waals surface area contributed by atoms with Crippen LogP contribution in [0, 0.1) is 0 Å². The highest BCUT2D eigenvalue weighted by atomic mass is 16.5. The molecule has 0 atom stereocenters. The second-order valence-corrected chi connectivity index (χ2v) is 9.41. The van der Waals surface area contributed by atoms with Crippen molar-refractivity contribution in [2.45, 2.75) is 19.3 Å². The highest BCUT2D eigenvalue weighted by molar-refractivity contribution is 5.91. The number of methoxy groups -OCH3 is 2. The van der Waals surface area contributed by atoms with Gasteiger partial charge in [0.15, 0.2) is 0 Å². The predicted molar refractivity (Wildman–Crippen MR) is 142 cm³/mol. The Labute approximate surface area is 210 Å². The summed E-state index contributed by atoms with van der Waals surface area (Å²) in [5, 5.41) is 3.59. The monoisotopic (exact) mass is 477 g/mol. The van der Waals surface area contributed by atoms with Crippen LogP contribution >= 0.6 is 0 Å². The van der Waals surface area contributed by atoms with E-state index in [1.807, 2.05) is 24.3 Å². The molecule has 1 aliphatic rings. The number of hydrogen-bond acceptors (Lipinski definition) is 5. The van der Waals surface area contributed by atoms with E-state index in [0.717, 1.165) is 33.6 Å². The van der Waals surface area contributed by atoms with Crippen LogP contribution < -0.4 is 5.32 Å². The van der Waals surface area contributed by atoms with Gasteiger partial charge in [0, 0.05) is 16.8 Å². The average Bonchev–Trinajstić information content (AvgIpc) is 2.92. The molecule has 5 nitrogen and oxygen atoms in total. The van der Waals surface area contributed by atoms with Gasteiger partial charge in [-0.1, -0.05) is 50.2 Å². The van der Waals surface area contributed by atoms with Crippen LogP contribution in [0.15, 0.2) is 84.9 Å². The molecular formula is C31H27NO4. The Morgan fingerprint density at radius 2 is 0.944 bits per heavy atom. The molecule has 4 aromatic carbocycles. The van der Waals surface area contributed by atoms with Crippen LogP contribution in [0.25, 0.3) is 22.3 Å². The summed E-state index contributed by atoms with van der Waals surface area (Å²) in [6.45, 7) is 4.47. The number of ether oxygens (including phenoxy) is 2. The van der Waals surface area contributed by atoms with Gasteiger partial charge in [-0.15, -0.1) is 0 Å². The molecule has 1 N–H and O–H groups in total. The Hall–Kier alpha value is -4.38. The maximum atomic E-state index is 11.8. The molecule has 5 heteroatoms. The van der Waals surface area contributed by atoms with Gasteiger partial charge in [0.25, 0.3) is 0 Å². The summed E-state index contributed by atoms with van der Waals surface area (Å²) in [5.74, 6) is -0.686. The van der Waals surface area contributed by atoms with Crippen molar-refractivity contribution < 1.29 is 19.1 Å². The van der Waals surface area contributed by atoms with E-state index in [2.05, 4.69) is 55.6 Å². The van der Waals surface area contributed by atoms with Gasteiger partial charge in [-0.3, -0.25) is 0 Å². The summed E-state index contributed by atoms with van der Waals surface area (Å²) in [7, 11) is 2.77. The van der Waals surface area contributed by atoms with Gasteiger partial charge in [-0.25, -0.2) is 9.59 Å². The maximum absolute atomic E-state index is 11.8. The summed E-state index contributed by atoms with van der Waals surface area (Å²) < 4.78 is 9.62. The number of fused-ring (bicyclic) bond motifs is 2. The number of carbonyl (C=O) groups is 2. The Morgan fingerprint density at radius 3 is 1.31 bits per heavy atom. The van der Waals surface area contributed by atoms with Crippen LogP contribution in [0.3, 0.4) is 0 Å². The molecule has 0 aliphatic carbocycles. The normalized spacial score (nSPS) is 13.1. The minimum atomic E-state index is -0.343. The van der Waals surface area contributed by atoms with Crippen LogP contribution in [0.4, 0.5) is 11.4 Å². The fraction of sp³-hybridized carbons (Fsp3) is 0.161. The van der Waals surface area contributed by atoms with E-state index in [9.17, 15) is 9.59 Å². The largest absolute Gasteiger partial charge is 0.465 e. The third kappa shape index (κ3) is 4.03. The highest BCUT2D eigenvalue weighted by Gasteiger charge is 2.33. The predicted octanol–water partition coefficient (Wildman–Crippen LogP) is 6.98. The zero-order chi connectivity index (χ0) is 25.4. The van der Waals surface area contributed by atoms with Gasteiger partial charge in [0.2, 0.25) is 0 Å². The first-order valence-electron chi connectivity index (χ1n) is 11.8. The first kappa shape index (κ1) is 23.4. The summed E-state index contributed by atoms with van der Waals surface area (Å²) in [5.41, 5.74) is 9.60. The van der Waals surface area contributed by atoms with E-state index in [4.69, 9.17) is 9.47 Å². The fourth-order valence-electron chi connectivity index (χ4n) is 4.82. The number of hydrogen-bond donors (Lipinski definition) is 1. The first-order valence-corrected chi connectivity index (χ1v) is 11.8. The van der Waals surface area contributed by atoms with Crippen molar-refractivity contribution in [2.24, 2.45) is 0 Å². The van der Waals surface area contributed by atoms with Crippen molar-refractivity contribution in [2.75, 3.05) is 19.5 Å². The van der Waals surface area contributed by atoms with E-state index in [-0.39, 0.29) is 17.4 Å². The molecule has 0 spiro atoms. The number of nitrogens with one attached hydrogen (secondary N) is 1. The van der Waals surface area contributed by atoms with Crippen molar-refractivity contribution in [3.63, 3.8) is 0 Å². The van der Waals surface area contributed by atoms with Gasteiger partial charge in [-0.05, 0) is 81.9 Å². The van der Waals surface area contributed by atoms with Gasteiger partial charge in [-0.2, -0.15) is 0 Å². The number of benzene rings is 4. The smallest absolute Gasteiger partial charge is 0.337 e. The molecule has 0 bridgehead atoms. The van der Waals surface area contributed by atoms with E-state index in [1.165, 1.54) is 25.3 Å². The number of anilines is 2. The van der Waals surface area contributed by atoms with Crippen molar-refractivity contribution in [3.8, 4) is 22.3 Å². The molecule has 4 aromatic rings. The standard InChI is InChI=1S/C31H27NO4/c1-31(2)25-17-23(19-5-9-21(10-6-19)29(33)35-3)13-15-27(25)32-28-16-14-24(18-26(28)31)20-7-11-22(12-8-20)30(34)36-4/h5-18,32H,1-4H3. The molecule has 180 valence electrons. The molecule has 0 saturated heterocycles.